The molecule has 0 spiro atoms. The van der Waals surface area contributed by atoms with Crippen molar-refractivity contribution in [3.63, 3.8) is 0 Å². The summed E-state index contributed by atoms with van der Waals surface area (Å²) in [4.78, 5) is 51.1. The minimum atomic E-state index is -0.538. The smallest absolute Gasteiger partial charge is 0.309 e. The van der Waals surface area contributed by atoms with E-state index in [9.17, 15) is 54.9 Å². The Bertz CT molecular complexity index is 4020. The fraction of sp³-hybridized carbons (Fsp3) is 0.900. The van der Waals surface area contributed by atoms with Gasteiger partial charge in [0.1, 0.15) is 0 Å². The van der Waals surface area contributed by atoms with Crippen molar-refractivity contribution in [3.8, 4) is 0 Å². The zero-order chi connectivity index (χ0) is 96.8. The van der Waals surface area contributed by atoms with Crippen molar-refractivity contribution >= 4 is 23.8 Å². The molecule has 40 atom stereocenters. The van der Waals surface area contributed by atoms with Gasteiger partial charge in [-0.3, -0.25) is 14.4 Å². The van der Waals surface area contributed by atoms with E-state index in [4.69, 9.17) is 5.73 Å². The van der Waals surface area contributed by atoms with Crippen LogP contribution in [-0.4, -0.2) is 84.0 Å². The van der Waals surface area contributed by atoms with E-state index in [1.165, 1.54) is 125 Å². The third kappa shape index (κ3) is 13.1. The molecule has 0 aromatic heterocycles. The predicted octanol–water partition coefficient (Wildman–Crippen LogP) is 28.9. The molecule has 0 radical (unpaired) electrons. The van der Waals surface area contributed by atoms with Crippen LogP contribution in [0.2, 0.25) is 0 Å². The van der Waals surface area contributed by atoms with Crippen molar-refractivity contribution in [2.24, 2.45) is 227 Å². The van der Waals surface area contributed by atoms with E-state index < -0.39 is 39.6 Å². The third-order valence-corrected chi connectivity index (χ3v) is 53.9. The first kappa shape index (κ1) is 103. The first-order valence-electron chi connectivity index (χ1n) is 55.3. The molecular formula is C120H192NO11Rf2-. The fourth-order valence-corrected chi connectivity index (χ4v) is 46.0. The van der Waals surface area contributed by atoms with Gasteiger partial charge in [0.2, 0.25) is 0 Å². The Hall–Kier alpha value is -5.32. The molecule has 1 amide bonds. The Morgan fingerprint density at radius 1 is 0.231 bits per heavy atom. The molecule has 0 saturated heterocycles. The Kier molecular flexibility index (Phi) is 25.1. The summed E-state index contributed by atoms with van der Waals surface area (Å²) in [5.74, 6) is 7.59. The summed E-state index contributed by atoms with van der Waals surface area (Å²) in [5, 5.41) is 75.0. The molecule has 134 heavy (non-hydrogen) atoms. The molecule has 8 N–H and O–H groups in total. The van der Waals surface area contributed by atoms with Gasteiger partial charge >= 0.3 is 17.9 Å². The number of allylic oxidation sites excluding steroid dienone is 4. The van der Waals surface area contributed by atoms with Crippen LogP contribution >= 0.6 is 0 Å². The van der Waals surface area contributed by atoms with E-state index in [0.29, 0.717) is 101 Å². The Labute approximate surface area is 802 Å². The monoisotopic (exact) mass is 2360 g/mol. The van der Waals surface area contributed by atoms with Crippen LogP contribution in [0.25, 0.3) is 5.73 Å². The van der Waals surface area contributed by atoms with E-state index in [1.54, 1.807) is 0 Å². The summed E-state index contributed by atoms with van der Waals surface area (Å²) in [6, 6.07) is 0. The normalized spacial score (nSPS) is 54.2. The quantitative estimate of drug-likeness (QED) is 0.113. The van der Waals surface area contributed by atoms with Crippen molar-refractivity contribution in [1.82, 2.24) is 0 Å². The van der Waals surface area contributed by atoms with Crippen molar-refractivity contribution in [3.05, 3.63) is 54.3 Å². The number of rotatable bonds is 8. The molecule has 0 aliphatic heterocycles. The van der Waals surface area contributed by atoms with Crippen LogP contribution in [0.5, 0.6) is 0 Å². The maximum Gasteiger partial charge on any atom is 0.309 e. The van der Waals surface area contributed by atoms with Gasteiger partial charge < -0.3 is 46.3 Å². The van der Waals surface area contributed by atoms with Gasteiger partial charge in [-0.25, -0.2) is 0 Å². The summed E-state index contributed by atoms with van der Waals surface area (Å²) in [6.45, 7) is 75.5. The zero-order valence-corrected chi connectivity index (χ0v) is 102. The number of amides is 1. The minimum absolute atomic E-state index is 0. The first-order valence-corrected chi connectivity index (χ1v) is 55.3. The Balaban J connectivity index is 0.000000136. The van der Waals surface area contributed by atoms with Crippen molar-refractivity contribution in [2.45, 2.75) is 447 Å². The average molecular weight is 2360 g/mol. The molecule has 20 aliphatic rings. The van der Waals surface area contributed by atoms with Crippen LogP contribution in [0, 0.1) is 227 Å². The van der Waals surface area contributed by atoms with Crippen LogP contribution in [-0.2, 0) is 19.2 Å². The number of hydrogen-bond donors (Lipinski definition) is 7. The number of carbonyl (C=O) groups excluding carboxylic acids is 1. The van der Waals surface area contributed by atoms with Gasteiger partial charge in [-0.15, -0.1) is 0 Å². The molecule has 16 unspecified atom stereocenters. The zero-order valence-electron chi connectivity index (χ0n) is 89.6. The number of carboxylic acids is 3. The van der Waals surface area contributed by atoms with E-state index in [-0.39, 0.29) is 135 Å². The summed E-state index contributed by atoms with van der Waals surface area (Å²) in [7, 11) is 0. The first-order chi connectivity index (χ1) is 61.0. The predicted molar refractivity (Wildman–Crippen MR) is 532 cm³/mol. The molecule has 20 fully saturated rings. The third-order valence-electron chi connectivity index (χ3n) is 53.9. The summed E-state index contributed by atoms with van der Waals surface area (Å²) < 4.78 is 0. The van der Waals surface area contributed by atoms with Gasteiger partial charge in [-0.1, -0.05) is 187 Å². The second-order valence-electron chi connectivity index (χ2n) is 58.1. The molecule has 0 aromatic rings. The number of fused-ring (bicyclic) bond motifs is 28. The molecule has 20 rings (SSSR count). The summed E-state index contributed by atoms with van der Waals surface area (Å²) >= 11 is 0. The summed E-state index contributed by atoms with van der Waals surface area (Å²) in [5.41, 5.74) is 14.0. The van der Waals surface area contributed by atoms with Gasteiger partial charge in [-0.05, 0) is 490 Å². The van der Waals surface area contributed by atoms with Crippen LogP contribution in [0.3, 0.4) is 0 Å². The molecule has 20 saturated carbocycles. The van der Waals surface area contributed by atoms with E-state index in [2.05, 4.69) is 192 Å². The molecule has 748 valence electrons. The van der Waals surface area contributed by atoms with Crippen molar-refractivity contribution in [1.29, 1.82) is 0 Å². The van der Waals surface area contributed by atoms with E-state index in [0.717, 1.165) is 154 Å². The van der Waals surface area contributed by atoms with Crippen molar-refractivity contribution < 1.29 is 54.9 Å². The molecule has 12 nitrogen and oxygen atoms in total. The molecule has 0 bridgehead atoms. The molecule has 14 heteroatoms. The van der Waals surface area contributed by atoms with Gasteiger partial charge in [0, 0.05) is 5.41 Å². The SMILES string of the molecule is C=C(C)[C@@H]1CC[C@]2(C(=O)O)CC[C@]3(C)C(CCC4[C@@]5(C)CC[C@H](O)C(C)(C)C5CC[C@]43C)C12.C=C(C)[C@@H]1CC[C@]2(C(=O)O)CC[C@]3(C)C(CCC4[C@@]5(C)CC[C@H](O)C(C)(C)C5CC[C@]43C)C12.C=C(C)[C@@H]1CC[C@]2(C(=O)O)CC[C@]3(C)C(CCC4[C@@]5(C)CC[C@H](O)C(C)(C)C5CC[C@]43C)C12.C=C(C)[C@@H]1CC[C@]2(C([NH-])=O)CC[C@]3(C)C(CCC4[C@@]5(C)CC[C@H](O)C(C)(C)C5CC[C@]43C)C12.[Rf].[Rf]. The number of carbonyl (C=O) groups is 4. The number of aliphatic carboxylic acids is 3. The van der Waals surface area contributed by atoms with Gasteiger partial charge in [-0.2, -0.15) is 0 Å². The fourth-order valence-electron chi connectivity index (χ4n) is 46.0. The number of aliphatic hydroxyl groups excluding tert-OH is 4. The topological polar surface area (TPSA) is 234 Å². The molecule has 0 aromatic carbocycles. The second kappa shape index (κ2) is 32.6. The molecule has 20 aliphatic carbocycles. The maximum atomic E-state index is 12.9. The van der Waals surface area contributed by atoms with Gasteiger partial charge in [0.15, 0.2) is 0 Å². The number of hydrogen-bond acceptors (Lipinski definition) is 8. The van der Waals surface area contributed by atoms with E-state index >= 15 is 0 Å². The maximum absolute atomic E-state index is 12.9. The second-order valence-corrected chi connectivity index (χ2v) is 58.1. The van der Waals surface area contributed by atoms with Gasteiger partial charge in [0.25, 0.3) is 0 Å². The number of aliphatic hydroxyl groups is 4. The number of carboxylic acid groups (broad SMARTS) is 3. The standard InChI is InChI=1S/C30H49NO2.3C30H48O3.2Rf/c1-18(2)19-10-15-30(25(31)33)17-16-28(6)20(24(19)30)8-9-22-27(5)13-12-23(32)26(3,4)21(27)11-14-29(22,28)7;3*1-18(2)19-10-15-30(25(32)33)17-16-28(6)20(24(19)30)8-9-22-27(5)13-12-23(31)26(3,4)21(27)11-14-29(22,28)7;;/h19-24,32H,1,8-17H2,2-7H3,(H2,31,33);3*19-24,31H,1,8-17H2,2-7H3,(H,32,33);;/p-1/t4*19-,20?,21?,22?,23-,24?,27-,28+,29+,30-;;/m0000../s1. The minimum Gasteiger partial charge on any atom is -0.667 e. The molecular weight excluding hydrogens is 2170 g/mol. The average Bonchev–Trinajstić information content (AvgIpc) is 1.21. The van der Waals surface area contributed by atoms with Gasteiger partial charge in [0.05, 0.1) is 46.6 Å². The van der Waals surface area contributed by atoms with Crippen LogP contribution < -0.4 is 0 Å². The van der Waals surface area contributed by atoms with Crippen molar-refractivity contribution in [2.75, 3.05) is 0 Å². The number of nitrogens with one attached hydrogen (secondary N) is 1. The largest absolute Gasteiger partial charge is 0.667 e. The van der Waals surface area contributed by atoms with Crippen LogP contribution in [0.4, 0.5) is 0 Å². The van der Waals surface area contributed by atoms with E-state index in [1.807, 2.05) is 0 Å². The molecule has 0 heterocycles. The Morgan fingerprint density at radius 2 is 0.418 bits per heavy atom. The Morgan fingerprint density at radius 3 is 0.604 bits per heavy atom. The summed E-state index contributed by atoms with van der Waals surface area (Å²) in [6.07, 6.45) is 42.1. The van der Waals surface area contributed by atoms with Crippen LogP contribution in [0.1, 0.15) is 423 Å². The van der Waals surface area contributed by atoms with Crippen LogP contribution in [0.15, 0.2) is 48.6 Å².